The zero-order chi connectivity index (χ0) is 35.4. The molecule has 0 unspecified atom stereocenters. The van der Waals surface area contributed by atoms with Gasteiger partial charge in [-0.25, -0.2) is 4.79 Å². The number of unbranched alkanes of at least 4 members (excludes halogenated alkanes) is 4. The number of hydrogen-bond donors (Lipinski definition) is 2. The van der Waals surface area contributed by atoms with Gasteiger partial charge in [0.2, 0.25) is 8.32 Å². The largest absolute Gasteiger partial charge is 0.543 e. The minimum absolute atomic E-state index is 0.0711. The summed E-state index contributed by atoms with van der Waals surface area (Å²) in [5, 5.41) is 12.1. The summed E-state index contributed by atoms with van der Waals surface area (Å²) >= 11 is 0. The maximum atomic E-state index is 13.9. The maximum absolute atomic E-state index is 13.9. The van der Waals surface area contributed by atoms with Gasteiger partial charge in [-0.05, 0) is 139 Å². The molecule has 266 valence electrons. The molecular weight excluding hydrogens is 631 g/mol. The van der Waals surface area contributed by atoms with Crippen molar-refractivity contribution in [2.75, 3.05) is 13.7 Å². The minimum Gasteiger partial charge on any atom is -0.543 e. The van der Waals surface area contributed by atoms with Gasteiger partial charge in [-0.1, -0.05) is 58.2 Å². The van der Waals surface area contributed by atoms with E-state index in [0.717, 1.165) is 65.9 Å². The third kappa shape index (κ3) is 8.86. The summed E-state index contributed by atoms with van der Waals surface area (Å²) in [6, 6.07) is 12.5. The van der Waals surface area contributed by atoms with Crippen LogP contribution < -0.4 is 9.74 Å². The van der Waals surface area contributed by atoms with Crippen molar-refractivity contribution in [1.29, 1.82) is 0 Å². The van der Waals surface area contributed by atoms with Gasteiger partial charge in [-0.2, -0.15) is 0 Å². The maximum Gasteiger partial charge on any atom is 0.330 e. The molecule has 2 N–H and O–H groups in total. The summed E-state index contributed by atoms with van der Waals surface area (Å²) in [7, 11) is -0.768. The number of nitrogens with one attached hydrogen (secondary N) is 1. The second-order valence-corrected chi connectivity index (χ2v) is 21.3. The third-order valence-corrected chi connectivity index (χ3v) is 16.2. The van der Waals surface area contributed by atoms with E-state index in [1.807, 2.05) is 18.2 Å². The molecule has 4 aliphatic rings. The van der Waals surface area contributed by atoms with Crippen LogP contribution in [0.2, 0.25) is 18.1 Å². The van der Waals surface area contributed by atoms with Gasteiger partial charge in [0.25, 0.3) is 5.91 Å². The number of carbonyl (C=O) groups is 3. The molecule has 0 heterocycles. The molecule has 2 aromatic rings. The highest BCUT2D eigenvalue weighted by Crippen LogP contribution is 2.62. The van der Waals surface area contributed by atoms with Crippen molar-refractivity contribution in [3.05, 3.63) is 59.2 Å². The summed E-state index contributed by atoms with van der Waals surface area (Å²) in [4.78, 5) is 36.5. The Morgan fingerprint density at radius 3 is 2.16 bits per heavy atom. The van der Waals surface area contributed by atoms with E-state index >= 15 is 0 Å². The first-order valence-electron chi connectivity index (χ1n) is 18.4. The molecule has 0 aliphatic heterocycles. The lowest BCUT2D eigenvalue weighted by molar-refractivity contribution is -0.137. The Morgan fingerprint density at radius 1 is 0.918 bits per heavy atom. The van der Waals surface area contributed by atoms with Crippen molar-refractivity contribution >= 4 is 32.2 Å². The first-order chi connectivity index (χ1) is 23.2. The molecule has 0 saturated heterocycles. The zero-order valence-corrected chi connectivity index (χ0v) is 31.5. The number of benzene rings is 2. The van der Waals surface area contributed by atoms with E-state index in [1.54, 1.807) is 6.08 Å². The van der Waals surface area contributed by atoms with Crippen molar-refractivity contribution in [2.24, 2.45) is 17.8 Å². The topological polar surface area (TPSA) is 102 Å². The first-order valence-corrected chi connectivity index (χ1v) is 21.3. The Labute approximate surface area is 294 Å². The smallest absolute Gasteiger partial charge is 0.330 e. The predicted molar refractivity (Wildman–Crippen MR) is 198 cm³/mol. The molecule has 8 heteroatoms. The van der Waals surface area contributed by atoms with Crippen LogP contribution in [0.1, 0.15) is 119 Å². The number of rotatable bonds is 15. The number of carboxylic acids is 1. The van der Waals surface area contributed by atoms with Gasteiger partial charge in [-0.15, -0.1) is 0 Å². The molecule has 4 aliphatic carbocycles. The Bertz CT molecular complexity index is 1520. The average molecular weight is 688 g/mol. The lowest BCUT2D eigenvalue weighted by atomic mass is 9.48. The van der Waals surface area contributed by atoms with Crippen LogP contribution in [0.5, 0.6) is 5.75 Å². The molecule has 0 aromatic heterocycles. The normalized spacial score (nSPS) is 23.1. The number of hydrogen-bond acceptors (Lipinski definition) is 5. The van der Waals surface area contributed by atoms with Crippen molar-refractivity contribution in [3.8, 4) is 16.9 Å². The molecule has 7 nitrogen and oxygen atoms in total. The minimum atomic E-state index is -2.12. The van der Waals surface area contributed by atoms with Crippen LogP contribution in [0.25, 0.3) is 17.2 Å². The fourth-order valence-corrected chi connectivity index (χ4v) is 9.67. The molecule has 6 rings (SSSR count). The lowest BCUT2D eigenvalue weighted by Gasteiger charge is -2.57. The van der Waals surface area contributed by atoms with Crippen LogP contribution >= 0.6 is 0 Å². The summed E-state index contributed by atoms with van der Waals surface area (Å²) in [6.07, 6.45) is 15.3. The van der Waals surface area contributed by atoms with Crippen LogP contribution in [0, 0.1) is 17.8 Å². The number of carboxylic acid groups (broad SMARTS) is 1. The zero-order valence-electron chi connectivity index (χ0n) is 30.5. The van der Waals surface area contributed by atoms with Gasteiger partial charge < -0.3 is 19.6 Å². The Hall–Kier alpha value is -3.39. The molecule has 0 spiro atoms. The molecule has 0 atom stereocenters. The van der Waals surface area contributed by atoms with E-state index in [-0.39, 0.29) is 22.8 Å². The van der Waals surface area contributed by atoms with E-state index in [4.69, 9.17) is 14.3 Å². The Balaban J connectivity index is 1.47. The van der Waals surface area contributed by atoms with E-state index in [1.165, 1.54) is 57.3 Å². The number of amides is 1. The van der Waals surface area contributed by atoms with Gasteiger partial charge in [-0.3, -0.25) is 9.59 Å². The van der Waals surface area contributed by atoms with Gasteiger partial charge in [0.15, 0.2) is 0 Å². The van der Waals surface area contributed by atoms with Crippen LogP contribution in [0.15, 0.2) is 42.5 Å². The molecule has 4 fully saturated rings. The van der Waals surface area contributed by atoms with Crippen LogP contribution in [-0.2, 0) is 19.7 Å². The third-order valence-electron chi connectivity index (χ3n) is 11.8. The number of aliphatic carboxylic acids is 1. The number of ether oxygens (including phenoxy) is 1. The SMILES string of the molecule is COC(=O)C=Cc1ccc(-c2ccc(O[Si](C)(C)C(C)(C)C)c(C34CC5CC(CC(C5)C3)C4)c2)c(C(=O)NCCCCCCCC(=O)O)c1. The number of carbonyl (C=O) groups excluding carboxylic acids is 2. The van der Waals surface area contributed by atoms with Crippen LogP contribution in [0.4, 0.5) is 0 Å². The van der Waals surface area contributed by atoms with E-state index < -0.39 is 20.3 Å². The fourth-order valence-electron chi connectivity index (χ4n) is 8.64. The highest BCUT2D eigenvalue weighted by molar-refractivity contribution is 6.74. The molecule has 4 bridgehead atoms. The van der Waals surface area contributed by atoms with E-state index in [2.05, 4.69) is 57.4 Å². The molecule has 1 amide bonds. The van der Waals surface area contributed by atoms with Crippen molar-refractivity contribution in [2.45, 2.75) is 121 Å². The standard InChI is InChI=1S/C41H57NO6Si/c1-40(2,3)49(5,6)48-36-17-15-32(24-35(36)41-25-29-20-30(26-41)22-31(21-29)27-41)33-16-13-28(14-18-38(45)47-4)23-34(33)39(46)42-19-11-9-7-8-10-12-37(43)44/h13-18,23-24,29-31H,7-12,19-22,25-27H2,1-6H3,(H,42,46)(H,43,44). The second-order valence-electron chi connectivity index (χ2n) is 16.6. The van der Waals surface area contributed by atoms with Gasteiger partial charge in [0.1, 0.15) is 5.75 Å². The second kappa shape index (κ2) is 15.2. The number of esters is 1. The summed E-state index contributed by atoms with van der Waals surface area (Å²) in [5.74, 6) is 2.04. The Kier molecular flexibility index (Phi) is 11.5. The summed E-state index contributed by atoms with van der Waals surface area (Å²) in [5.41, 5.74) is 4.64. The number of methoxy groups -OCH3 is 1. The van der Waals surface area contributed by atoms with Gasteiger partial charge >= 0.3 is 11.9 Å². The average Bonchev–Trinajstić information content (AvgIpc) is 3.03. The van der Waals surface area contributed by atoms with Crippen LogP contribution in [-0.4, -0.2) is 44.9 Å². The quantitative estimate of drug-likeness (QED) is 0.0837. The van der Waals surface area contributed by atoms with Crippen molar-refractivity contribution in [1.82, 2.24) is 5.32 Å². The highest BCUT2D eigenvalue weighted by Gasteiger charge is 2.53. The Morgan fingerprint density at radius 2 is 1.55 bits per heavy atom. The summed E-state index contributed by atoms with van der Waals surface area (Å²) in [6.45, 7) is 12.1. The van der Waals surface area contributed by atoms with Gasteiger partial charge in [0, 0.05) is 24.6 Å². The van der Waals surface area contributed by atoms with Crippen molar-refractivity contribution < 1.29 is 28.7 Å². The van der Waals surface area contributed by atoms with Crippen molar-refractivity contribution in [3.63, 3.8) is 0 Å². The molecular formula is C41H57NO6Si. The first kappa shape index (κ1) is 36.9. The molecule has 4 saturated carbocycles. The van der Waals surface area contributed by atoms with E-state index in [0.29, 0.717) is 18.5 Å². The molecule has 2 aromatic carbocycles. The van der Waals surface area contributed by atoms with Crippen LogP contribution in [0.3, 0.4) is 0 Å². The van der Waals surface area contributed by atoms with E-state index in [9.17, 15) is 14.4 Å². The fraction of sp³-hybridized carbons (Fsp3) is 0.585. The highest BCUT2D eigenvalue weighted by atomic mass is 28.4. The summed E-state index contributed by atoms with van der Waals surface area (Å²) < 4.78 is 11.9. The molecule has 49 heavy (non-hydrogen) atoms. The lowest BCUT2D eigenvalue weighted by Crippen LogP contribution is -2.49. The predicted octanol–water partition coefficient (Wildman–Crippen LogP) is 9.55. The van der Waals surface area contributed by atoms with Gasteiger partial charge in [0.05, 0.1) is 7.11 Å². The molecule has 0 radical (unpaired) electrons. The monoisotopic (exact) mass is 687 g/mol.